The van der Waals surface area contributed by atoms with Crippen molar-refractivity contribution in [2.45, 2.75) is 165 Å². The molecule has 3 fully saturated rings. The number of carbonyl (C=O) groups is 2. The van der Waals surface area contributed by atoms with E-state index in [4.69, 9.17) is 21.9 Å². The monoisotopic (exact) mass is 1160 g/mol. The van der Waals surface area contributed by atoms with Crippen LogP contribution in [0.2, 0.25) is 0 Å². The van der Waals surface area contributed by atoms with Crippen molar-refractivity contribution in [3.8, 4) is 17.6 Å². The summed E-state index contributed by atoms with van der Waals surface area (Å²) in [5, 5.41) is 83.3. The van der Waals surface area contributed by atoms with Crippen molar-refractivity contribution in [3.63, 3.8) is 0 Å². The van der Waals surface area contributed by atoms with Gasteiger partial charge in [-0.2, -0.15) is 0 Å². The predicted molar refractivity (Wildman–Crippen MR) is 331 cm³/mol. The third-order valence-corrected chi connectivity index (χ3v) is 19.9. The van der Waals surface area contributed by atoms with Crippen LogP contribution >= 0.6 is 0 Å². The average molecular weight is 1160 g/mol. The molecule has 16 heteroatoms. The van der Waals surface area contributed by atoms with Crippen LogP contribution < -0.4 is 33.2 Å². The van der Waals surface area contributed by atoms with E-state index in [1.807, 2.05) is 87.5 Å². The number of fused-ring (bicyclic) bond motifs is 4. The normalized spacial score (nSPS) is 33.3. The molecular weight excluding hydrogens is 1070 g/mol. The summed E-state index contributed by atoms with van der Waals surface area (Å²) in [7, 11) is 0. The van der Waals surface area contributed by atoms with E-state index >= 15 is 4.79 Å². The molecule has 0 unspecified atom stereocenters. The summed E-state index contributed by atoms with van der Waals surface area (Å²) in [6.07, 6.45) is 11.9. The summed E-state index contributed by atoms with van der Waals surface area (Å²) < 4.78 is 6.27. The number of guanidine groups is 1. The van der Waals surface area contributed by atoms with E-state index in [9.17, 15) is 35.4 Å². The Morgan fingerprint density at radius 3 is 2.44 bits per heavy atom. The third kappa shape index (κ3) is 14.5. The number of nitrogens with two attached hydrogens (primary N) is 3. The van der Waals surface area contributed by atoms with Gasteiger partial charge in [-0.1, -0.05) is 121 Å². The molecule has 1 amide bonds. The van der Waals surface area contributed by atoms with Gasteiger partial charge in [0.15, 0.2) is 11.7 Å². The number of hydrogen-bond acceptors (Lipinski definition) is 13. The molecule has 12 atom stereocenters. The maximum Gasteiger partial charge on any atom is 0.243 e. The number of phenolic OH excluding ortho intramolecular Hbond substituents is 1. The van der Waals surface area contributed by atoms with Crippen molar-refractivity contribution in [1.82, 2.24) is 16.0 Å². The molecular formula is C69H91N7O9. The minimum absolute atomic E-state index is 0.0636. The fraction of sp³-hybridized carbons (Fsp3) is 0.522. The number of aliphatic hydroxyl groups excluding tert-OH is 3. The van der Waals surface area contributed by atoms with Crippen LogP contribution in [0.25, 0.3) is 0 Å². The summed E-state index contributed by atoms with van der Waals surface area (Å²) in [5.41, 5.74) is 22.5. The number of ketones is 1. The molecule has 3 aromatic carbocycles. The number of aliphatic hydroxyl groups is 5. The number of rotatable bonds is 8. The molecule has 0 aromatic heterocycles. The molecule has 1 spiro atoms. The number of ether oxygens (including phenoxy) is 1. The number of phenols is 1. The molecule has 0 saturated heterocycles. The Labute approximate surface area is 501 Å². The van der Waals surface area contributed by atoms with Crippen LogP contribution in [-0.4, -0.2) is 111 Å². The molecule has 0 radical (unpaired) electrons. The van der Waals surface area contributed by atoms with Crippen molar-refractivity contribution in [1.29, 1.82) is 0 Å². The summed E-state index contributed by atoms with van der Waals surface area (Å²) in [6.45, 7) is 11.0. The van der Waals surface area contributed by atoms with Crippen LogP contribution in [0.3, 0.4) is 0 Å². The smallest absolute Gasteiger partial charge is 0.243 e. The van der Waals surface area contributed by atoms with E-state index in [1.165, 1.54) is 12.8 Å². The number of carbonyl (C=O) groups excluding carboxylic acids is 2. The number of Topliss-reactive ketones (excluding diaryl/α,β-unsaturated/α-hetero) is 1. The molecule has 9 rings (SSSR count). The zero-order chi connectivity index (χ0) is 60.6. The summed E-state index contributed by atoms with van der Waals surface area (Å²) >= 11 is 0. The molecule has 3 aromatic rings. The second kappa shape index (κ2) is 27.6. The first-order valence-corrected chi connectivity index (χ1v) is 30.7. The van der Waals surface area contributed by atoms with Crippen LogP contribution in [0.15, 0.2) is 130 Å². The van der Waals surface area contributed by atoms with Crippen molar-refractivity contribution in [2.24, 2.45) is 51.3 Å². The van der Waals surface area contributed by atoms with E-state index in [1.54, 1.807) is 24.3 Å². The highest BCUT2D eigenvalue weighted by Crippen LogP contribution is 2.63. The molecule has 2 bridgehead atoms. The van der Waals surface area contributed by atoms with Crippen molar-refractivity contribution in [3.05, 3.63) is 159 Å². The fourth-order valence-corrected chi connectivity index (χ4v) is 15.0. The zero-order valence-electron chi connectivity index (χ0n) is 49.9. The number of benzene rings is 3. The third-order valence-electron chi connectivity index (χ3n) is 19.9. The first-order valence-electron chi connectivity index (χ1n) is 30.7. The lowest BCUT2D eigenvalue weighted by molar-refractivity contribution is -0.168. The Bertz CT molecular complexity index is 3130. The van der Waals surface area contributed by atoms with Gasteiger partial charge in [0.1, 0.15) is 30.3 Å². The number of aromatic hydroxyl groups is 1. The number of amides is 1. The van der Waals surface area contributed by atoms with Gasteiger partial charge in [0.2, 0.25) is 5.91 Å². The Balaban J connectivity index is 1.09. The molecule has 6 aliphatic rings. The number of allylic oxidation sites excluding steroid dienone is 5. The van der Waals surface area contributed by atoms with Gasteiger partial charge in [-0.15, -0.1) is 0 Å². The second-order valence-corrected chi connectivity index (χ2v) is 25.4. The van der Waals surface area contributed by atoms with Crippen LogP contribution in [-0.2, 0) is 33.6 Å². The van der Waals surface area contributed by atoms with Crippen molar-refractivity contribution in [2.75, 3.05) is 32.8 Å². The summed E-state index contributed by atoms with van der Waals surface area (Å²) in [5.74, 6) is 4.13. The number of nitrogens with zero attached hydrogens (tertiary/aromatic N) is 1. The van der Waals surface area contributed by atoms with Gasteiger partial charge < -0.3 is 57.9 Å². The number of β-amino-alcohol motifs (C(OH)–C–C–N with tert-alkyl or cyclic N) is 1. The van der Waals surface area contributed by atoms with E-state index < -0.39 is 76.8 Å². The van der Waals surface area contributed by atoms with E-state index in [-0.39, 0.29) is 69.5 Å². The van der Waals surface area contributed by atoms with Gasteiger partial charge in [0, 0.05) is 56.1 Å². The average Bonchev–Trinajstić information content (AvgIpc) is 1.81. The molecule has 85 heavy (non-hydrogen) atoms. The van der Waals surface area contributed by atoms with Crippen LogP contribution in [0.1, 0.15) is 149 Å². The SMILES string of the molecule is C=C1/C=C/C=C(\[C@H]2CC[C@@]3([C@@H]4CC[C@H](O)Cc5cccc(c5)C[C@H]([C@H](CN=C(N)N)c5ccc(O)cc5)[C@H](O)CN[C@H]5C(=O)N[C@@H](N)c6cccc(c65)CC(=O)C(C)=C4CC[C@@]3(C)O)[C@@H]2O)COCC#CC/C(C)=C/C[C@]1(O)NCC1CCCC1. The van der Waals surface area contributed by atoms with E-state index in [2.05, 4.69) is 39.4 Å². The lowest BCUT2D eigenvalue weighted by atomic mass is 9.52. The van der Waals surface area contributed by atoms with Crippen molar-refractivity contribution >= 4 is 17.6 Å². The van der Waals surface area contributed by atoms with Gasteiger partial charge in [0.25, 0.3) is 0 Å². The quantitative estimate of drug-likeness (QED) is 0.0368. The topological polar surface area (TPSA) is 291 Å². The van der Waals surface area contributed by atoms with Crippen LogP contribution in [0, 0.1) is 40.9 Å². The standard InChI is InChI=1S/C69H91N7O9/c1-42-12-7-8-33-85-41-50(19-9-13-43(2)69(84,32-27-42)75-38-45-14-5-6-15-45)54-29-31-68(63(54)81)58-26-25-52(78)35-46-16-10-17-47(34-46)36-56(57(39-74-66(71)72)48-21-23-51(77)24-22-48)60(80)40-73-62-61-49(18-11-20-55(61)64(70)76-65(62)82)37-59(79)44(3)53(58)28-30-67(68,4)83/h9-11,13,16-24,27,34,45,52,54,56-58,60,62-64,73,75,77-78,80-81,83-84H,2,5-6,12,14-15,25-26,28-33,35-41,70H2,1,3-4H3,(H,76,82)(H4,71,72,74)/b13-9+,42-27+,50-19-,53-44?/t52-,54+,56+,57+,58+,60+,62+,63+,64+,67+,68+,69+/m0/s1. The lowest BCUT2D eigenvalue weighted by Gasteiger charge is -2.56. The predicted octanol–water partition coefficient (Wildman–Crippen LogP) is 6.70. The van der Waals surface area contributed by atoms with E-state index in [0.717, 1.165) is 46.3 Å². The Hall–Kier alpha value is -6.23. The number of nitrogens with one attached hydrogen (secondary N) is 3. The van der Waals surface area contributed by atoms with Crippen LogP contribution in [0.4, 0.5) is 0 Å². The highest BCUT2D eigenvalue weighted by molar-refractivity contribution is 5.98. The van der Waals surface area contributed by atoms with Crippen LogP contribution in [0.5, 0.6) is 5.75 Å². The van der Waals surface area contributed by atoms with Gasteiger partial charge in [-0.25, -0.2) is 0 Å². The molecule has 3 aliphatic heterocycles. The lowest BCUT2D eigenvalue weighted by Crippen LogP contribution is -2.59. The number of hydrogen-bond donors (Lipinski definition) is 12. The van der Waals surface area contributed by atoms with Gasteiger partial charge in [-0.3, -0.25) is 25.2 Å². The largest absolute Gasteiger partial charge is 0.508 e. The maximum absolute atomic E-state index is 15.3. The Kier molecular flexibility index (Phi) is 20.6. The minimum Gasteiger partial charge on any atom is -0.508 e. The molecule has 3 heterocycles. The Morgan fingerprint density at radius 2 is 1.68 bits per heavy atom. The van der Waals surface area contributed by atoms with Crippen molar-refractivity contribution < 1.29 is 45.0 Å². The number of aliphatic imine (C=N–C) groups is 1. The fourth-order valence-electron chi connectivity index (χ4n) is 15.0. The molecule has 3 aliphatic carbocycles. The first kappa shape index (κ1) is 63.3. The van der Waals surface area contributed by atoms with Gasteiger partial charge in [0.05, 0.1) is 30.5 Å². The Morgan fingerprint density at radius 1 is 0.941 bits per heavy atom. The zero-order valence-corrected chi connectivity index (χ0v) is 49.9. The maximum atomic E-state index is 15.3. The molecule has 16 nitrogen and oxygen atoms in total. The van der Waals surface area contributed by atoms with E-state index in [0.29, 0.717) is 85.2 Å². The summed E-state index contributed by atoms with van der Waals surface area (Å²) in [6, 6.07) is 19.1. The first-order chi connectivity index (χ1) is 40.7. The highest BCUT2D eigenvalue weighted by Gasteiger charge is 2.64. The van der Waals surface area contributed by atoms with Gasteiger partial charge in [-0.05, 0) is 165 Å². The van der Waals surface area contributed by atoms with Gasteiger partial charge >= 0.3 is 0 Å². The molecule has 3 saturated carbocycles. The molecule has 456 valence electrons. The highest BCUT2D eigenvalue weighted by atomic mass is 16.5. The molecule has 15 N–H and O–H groups in total. The second-order valence-electron chi connectivity index (χ2n) is 25.4. The summed E-state index contributed by atoms with van der Waals surface area (Å²) in [4.78, 5) is 33.9. The minimum atomic E-state index is -1.41.